The largest absolute Gasteiger partial charge is 0.341 e. The van der Waals surface area contributed by atoms with Crippen LogP contribution in [0.1, 0.15) is 65.3 Å². The van der Waals surface area contributed by atoms with Gasteiger partial charge in [-0.2, -0.15) is 0 Å². The van der Waals surface area contributed by atoms with Crippen molar-refractivity contribution in [3.8, 4) is 22.3 Å². The molecule has 0 aliphatic heterocycles. The van der Waals surface area contributed by atoms with Crippen LogP contribution < -0.4 is 11.5 Å². The minimum Gasteiger partial charge on any atom is -0.341 e. The zero-order valence-corrected chi connectivity index (χ0v) is 22.6. The zero-order valence-electron chi connectivity index (χ0n) is 22.6. The van der Waals surface area contributed by atoms with Gasteiger partial charge in [0.25, 0.3) is 0 Å². The number of imidazole rings is 2. The van der Waals surface area contributed by atoms with Crippen molar-refractivity contribution >= 4 is 22.1 Å². The Labute approximate surface area is 220 Å². The Kier molecular flexibility index (Phi) is 6.16. The van der Waals surface area contributed by atoms with Gasteiger partial charge in [-0.1, -0.05) is 53.7 Å². The van der Waals surface area contributed by atoms with Crippen molar-refractivity contribution in [2.45, 2.75) is 53.6 Å². The Hall–Kier alpha value is -3.62. The molecular weight excluding hydrogens is 482 g/mol. The standard InChI is InChI=1S/C30H34F2N6/c1-29(2,3)25(33)27-35-21-9-7-15(11-23(21)37-27)17-13-20(32)18(14-19(17)31)16-8-10-22-24(12-16)38-28(36-22)26(34)30(4,5)6/h7-14,25-26H,33-34H2,1-6H3,(H,35,37)(H,36,38). The third kappa shape index (κ3) is 4.70. The van der Waals surface area contributed by atoms with E-state index in [0.29, 0.717) is 22.8 Å². The van der Waals surface area contributed by atoms with Crippen molar-refractivity contribution in [1.82, 2.24) is 19.9 Å². The molecule has 5 rings (SSSR count). The molecule has 6 nitrogen and oxygen atoms in total. The lowest BCUT2D eigenvalue weighted by atomic mass is 9.87. The van der Waals surface area contributed by atoms with Crippen molar-refractivity contribution in [2.24, 2.45) is 22.3 Å². The van der Waals surface area contributed by atoms with Gasteiger partial charge in [-0.3, -0.25) is 0 Å². The molecule has 6 N–H and O–H groups in total. The Balaban J connectivity index is 1.50. The smallest absolute Gasteiger partial charge is 0.131 e. The van der Waals surface area contributed by atoms with Crippen LogP contribution in [0, 0.1) is 22.5 Å². The van der Waals surface area contributed by atoms with Gasteiger partial charge in [0, 0.05) is 11.1 Å². The molecule has 0 spiro atoms. The summed E-state index contributed by atoms with van der Waals surface area (Å²) >= 11 is 0. The fourth-order valence-corrected chi connectivity index (χ4v) is 4.50. The number of halogens is 2. The number of hydrogen-bond acceptors (Lipinski definition) is 4. The number of rotatable bonds is 4. The van der Waals surface area contributed by atoms with Crippen LogP contribution in [0.4, 0.5) is 8.78 Å². The summed E-state index contributed by atoms with van der Waals surface area (Å²) in [5.41, 5.74) is 16.7. The van der Waals surface area contributed by atoms with Gasteiger partial charge >= 0.3 is 0 Å². The summed E-state index contributed by atoms with van der Waals surface area (Å²) in [6, 6.07) is 12.5. The molecule has 2 unspecified atom stereocenters. The number of nitrogens with one attached hydrogen (secondary N) is 2. The molecule has 2 aromatic heterocycles. The third-order valence-electron chi connectivity index (χ3n) is 7.13. The number of nitrogens with two attached hydrogens (primary N) is 2. The molecule has 0 bridgehead atoms. The van der Waals surface area contributed by atoms with Gasteiger partial charge in [-0.15, -0.1) is 0 Å². The van der Waals surface area contributed by atoms with E-state index in [1.165, 1.54) is 12.1 Å². The fraction of sp³-hybridized carbons (Fsp3) is 0.333. The lowest BCUT2D eigenvalue weighted by Crippen LogP contribution is -2.27. The molecule has 2 heterocycles. The van der Waals surface area contributed by atoms with Crippen molar-refractivity contribution in [3.63, 3.8) is 0 Å². The molecule has 5 aromatic rings. The minimum absolute atomic E-state index is 0.172. The predicted octanol–water partition coefficient (Wildman–Crippen LogP) is 7.14. The first-order valence-electron chi connectivity index (χ1n) is 12.7. The van der Waals surface area contributed by atoms with Crippen LogP contribution in [0.2, 0.25) is 0 Å². The highest BCUT2D eigenvalue weighted by Crippen LogP contribution is 2.35. The van der Waals surface area contributed by atoms with Gasteiger partial charge in [0.2, 0.25) is 0 Å². The molecule has 0 saturated carbocycles. The lowest BCUT2D eigenvalue weighted by Gasteiger charge is -2.24. The number of fused-ring (bicyclic) bond motifs is 2. The number of H-pyrrole nitrogens is 2. The summed E-state index contributed by atoms with van der Waals surface area (Å²) in [7, 11) is 0. The number of aromatic amines is 2. The summed E-state index contributed by atoms with van der Waals surface area (Å²) in [4.78, 5) is 15.7. The maximum absolute atomic E-state index is 15.4. The Morgan fingerprint density at radius 2 is 1.00 bits per heavy atom. The van der Waals surface area contributed by atoms with Crippen molar-refractivity contribution < 1.29 is 8.78 Å². The molecule has 38 heavy (non-hydrogen) atoms. The summed E-state index contributed by atoms with van der Waals surface area (Å²) in [5.74, 6) is 0.277. The molecule has 3 aromatic carbocycles. The van der Waals surface area contributed by atoms with Gasteiger partial charge < -0.3 is 21.4 Å². The summed E-state index contributed by atoms with van der Waals surface area (Å²) in [5, 5.41) is 0. The number of benzene rings is 3. The molecule has 0 saturated heterocycles. The summed E-state index contributed by atoms with van der Waals surface area (Å²) in [6.07, 6.45) is 0. The third-order valence-corrected chi connectivity index (χ3v) is 7.13. The topological polar surface area (TPSA) is 109 Å². The van der Waals surface area contributed by atoms with E-state index in [0.717, 1.165) is 22.1 Å². The first kappa shape index (κ1) is 26.0. The van der Waals surface area contributed by atoms with E-state index in [9.17, 15) is 0 Å². The molecule has 198 valence electrons. The van der Waals surface area contributed by atoms with E-state index in [4.69, 9.17) is 11.5 Å². The van der Waals surface area contributed by atoms with E-state index < -0.39 is 11.6 Å². The Morgan fingerprint density at radius 1 is 0.632 bits per heavy atom. The van der Waals surface area contributed by atoms with E-state index >= 15 is 8.78 Å². The number of aromatic nitrogens is 4. The molecule has 8 heteroatoms. The SMILES string of the molecule is CC(C)(C)C(N)c1nc2ccc(-c3cc(F)c(-c4ccc5nc(C(N)C(C)(C)C)[nH]c5c4)cc3F)cc2[nH]1. The second kappa shape index (κ2) is 8.99. The van der Waals surface area contributed by atoms with Crippen LogP contribution in [0.25, 0.3) is 44.3 Å². The average Bonchev–Trinajstić information content (AvgIpc) is 3.46. The summed E-state index contributed by atoms with van der Waals surface area (Å²) in [6.45, 7) is 12.2. The molecule has 0 aliphatic rings. The molecule has 0 radical (unpaired) electrons. The first-order valence-corrected chi connectivity index (χ1v) is 12.7. The molecule has 0 amide bonds. The Bertz CT molecular complexity index is 1530. The van der Waals surface area contributed by atoms with Crippen LogP contribution >= 0.6 is 0 Å². The van der Waals surface area contributed by atoms with E-state index in [2.05, 4.69) is 19.9 Å². The highest BCUT2D eigenvalue weighted by Gasteiger charge is 2.26. The Morgan fingerprint density at radius 3 is 1.34 bits per heavy atom. The lowest BCUT2D eigenvalue weighted by molar-refractivity contribution is 0.317. The second-order valence-electron chi connectivity index (χ2n) is 12.2. The maximum Gasteiger partial charge on any atom is 0.131 e. The quantitative estimate of drug-likeness (QED) is 0.203. The van der Waals surface area contributed by atoms with Crippen LogP contribution in [0.5, 0.6) is 0 Å². The second-order valence-corrected chi connectivity index (χ2v) is 12.2. The van der Waals surface area contributed by atoms with Gasteiger partial charge in [0.1, 0.15) is 23.3 Å². The van der Waals surface area contributed by atoms with Crippen LogP contribution in [0.15, 0.2) is 48.5 Å². The molecule has 0 aliphatic carbocycles. The monoisotopic (exact) mass is 516 g/mol. The molecule has 0 fully saturated rings. The van der Waals surface area contributed by atoms with Gasteiger partial charge in [0.05, 0.1) is 34.2 Å². The van der Waals surface area contributed by atoms with E-state index in [-0.39, 0.29) is 34.0 Å². The number of hydrogen-bond donors (Lipinski definition) is 4. The fourth-order valence-electron chi connectivity index (χ4n) is 4.50. The normalized spacial score (nSPS) is 14.4. The van der Waals surface area contributed by atoms with Crippen LogP contribution in [0.3, 0.4) is 0 Å². The van der Waals surface area contributed by atoms with Crippen molar-refractivity contribution in [1.29, 1.82) is 0 Å². The highest BCUT2D eigenvalue weighted by atomic mass is 19.1. The molecule has 2 atom stereocenters. The maximum atomic E-state index is 15.4. The highest BCUT2D eigenvalue weighted by molar-refractivity contribution is 5.85. The predicted molar refractivity (Wildman–Crippen MR) is 149 cm³/mol. The van der Waals surface area contributed by atoms with Crippen LogP contribution in [-0.4, -0.2) is 19.9 Å². The van der Waals surface area contributed by atoms with Crippen LogP contribution in [-0.2, 0) is 0 Å². The minimum atomic E-state index is -0.521. The average molecular weight is 517 g/mol. The molecular formula is C30H34F2N6. The van der Waals surface area contributed by atoms with E-state index in [1.807, 2.05) is 41.5 Å². The van der Waals surface area contributed by atoms with Gasteiger partial charge in [-0.05, 0) is 58.4 Å². The van der Waals surface area contributed by atoms with Gasteiger partial charge in [-0.25, -0.2) is 18.7 Å². The summed E-state index contributed by atoms with van der Waals surface area (Å²) < 4.78 is 30.8. The van der Waals surface area contributed by atoms with Crippen molar-refractivity contribution in [3.05, 3.63) is 71.8 Å². The van der Waals surface area contributed by atoms with Crippen molar-refractivity contribution in [2.75, 3.05) is 0 Å². The van der Waals surface area contributed by atoms with E-state index in [1.54, 1.807) is 36.4 Å². The zero-order chi connectivity index (χ0) is 27.6. The van der Waals surface area contributed by atoms with Gasteiger partial charge in [0.15, 0.2) is 0 Å². The number of nitrogens with zero attached hydrogens (tertiary/aromatic N) is 2. The first-order chi connectivity index (χ1) is 17.7.